The second-order valence-corrected chi connectivity index (χ2v) is 9.54. The molecular formula is C28H39N3O2. The number of ether oxygens (including phenoxy) is 1. The molecule has 1 saturated carbocycles. The Morgan fingerprint density at radius 2 is 1.61 bits per heavy atom. The quantitative estimate of drug-likeness (QED) is 0.522. The molecule has 33 heavy (non-hydrogen) atoms. The molecular weight excluding hydrogens is 410 g/mol. The van der Waals surface area contributed by atoms with Crippen LogP contribution in [0.3, 0.4) is 0 Å². The van der Waals surface area contributed by atoms with Crippen molar-refractivity contribution in [2.45, 2.75) is 76.9 Å². The number of carbonyl (C=O) groups is 1. The summed E-state index contributed by atoms with van der Waals surface area (Å²) < 4.78 is 5.91. The summed E-state index contributed by atoms with van der Waals surface area (Å²) in [7, 11) is 0. The highest BCUT2D eigenvalue weighted by Gasteiger charge is 2.28. The van der Waals surface area contributed by atoms with Gasteiger partial charge in [0.15, 0.2) is 0 Å². The van der Waals surface area contributed by atoms with E-state index in [1.807, 2.05) is 42.5 Å². The Bertz CT molecular complexity index is 841. The molecule has 2 aliphatic rings. The number of hydrogen-bond acceptors (Lipinski definition) is 3. The zero-order chi connectivity index (χ0) is 22.9. The molecule has 1 aliphatic carbocycles. The topological polar surface area (TPSA) is 44.8 Å². The van der Waals surface area contributed by atoms with Gasteiger partial charge in [0.2, 0.25) is 0 Å². The molecule has 178 valence electrons. The number of nitrogens with one attached hydrogen (secondary N) is 1. The predicted molar refractivity (Wildman–Crippen MR) is 134 cm³/mol. The molecule has 0 bridgehead atoms. The highest BCUT2D eigenvalue weighted by atomic mass is 16.5. The Morgan fingerprint density at radius 3 is 2.27 bits per heavy atom. The number of para-hydroxylation sites is 1. The smallest absolute Gasteiger partial charge is 0.317 e. The first kappa shape index (κ1) is 23.6. The van der Waals surface area contributed by atoms with E-state index in [0.29, 0.717) is 12.1 Å². The van der Waals surface area contributed by atoms with Gasteiger partial charge in [-0.15, -0.1) is 0 Å². The van der Waals surface area contributed by atoms with Gasteiger partial charge in [-0.3, -0.25) is 4.90 Å². The molecule has 5 nitrogen and oxygen atoms in total. The summed E-state index contributed by atoms with van der Waals surface area (Å²) in [5, 5.41) is 3.34. The third kappa shape index (κ3) is 6.97. The van der Waals surface area contributed by atoms with E-state index in [1.54, 1.807) is 0 Å². The van der Waals surface area contributed by atoms with Crippen molar-refractivity contribution in [2.24, 2.45) is 0 Å². The molecule has 2 aromatic rings. The zero-order valence-corrected chi connectivity index (χ0v) is 20.0. The van der Waals surface area contributed by atoms with Crippen LogP contribution in [-0.2, 0) is 6.54 Å². The van der Waals surface area contributed by atoms with Crippen molar-refractivity contribution in [1.29, 1.82) is 0 Å². The van der Waals surface area contributed by atoms with Gasteiger partial charge >= 0.3 is 6.03 Å². The summed E-state index contributed by atoms with van der Waals surface area (Å²) in [5.74, 6) is 1.72. The van der Waals surface area contributed by atoms with Crippen molar-refractivity contribution in [3.05, 3.63) is 60.2 Å². The van der Waals surface area contributed by atoms with Crippen LogP contribution in [-0.4, -0.2) is 47.5 Å². The van der Waals surface area contributed by atoms with E-state index < -0.39 is 0 Å². The zero-order valence-electron chi connectivity index (χ0n) is 20.0. The summed E-state index contributed by atoms with van der Waals surface area (Å²) in [6, 6.07) is 19.2. The van der Waals surface area contributed by atoms with Gasteiger partial charge in [-0.2, -0.15) is 0 Å². The van der Waals surface area contributed by atoms with E-state index >= 15 is 0 Å². The summed E-state index contributed by atoms with van der Waals surface area (Å²) >= 11 is 0. The molecule has 2 fully saturated rings. The molecule has 0 unspecified atom stereocenters. The molecule has 5 heteroatoms. The van der Waals surface area contributed by atoms with E-state index in [9.17, 15) is 4.79 Å². The number of likely N-dealkylation sites (tertiary alicyclic amines) is 1. The lowest BCUT2D eigenvalue weighted by molar-refractivity contribution is 0.114. The number of nitrogens with zero attached hydrogens (tertiary/aromatic N) is 2. The van der Waals surface area contributed by atoms with Crippen molar-refractivity contribution in [3.63, 3.8) is 0 Å². The maximum Gasteiger partial charge on any atom is 0.317 e. The van der Waals surface area contributed by atoms with Gasteiger partial charge in [-0.25, -0.2) is 4.79 Å². The van der Waals surface area contributed by atoms with E-state index in [0.717, 1.165) is 69.8 Å². The fraction of sp³-hybridized carbons (Fsp3) is 0.536. The maximum atomic E-state index is 13.0. The lowest BCUT2D eigenvalue weighted by Gasteiger charge is -2.39. The minimum absolute atomic E-state index is 0.163. The molecule has 0 aromatic heterocycles. The van der Waals surface area contributed by atoms with E-state index in [-0.39, 0.29) is 6.03 Å². The van der Waals surface area contributed by atoms with Crippen LogP contribution in [0.5, 0.6) is 11.5 Å². The number of hydrogen-bond donors (Lipinski definition) is 1. The number of benzene rings is 2. The van der Waals surface area contributed by atoms with Gasteiger partial charge < -0.3 is 15.0 Å². The van der Waals surface area contributed by atoms with Crippen molar-refractivity contribution in [2.75, 3.05) is 19.6 Å². The van der Waals surface area contributed by atoms with E-state index in [1.165, 1.54) is 24.8 Å². The third-order valence-corrected chi connectivity index (χ3v) is 6.96. The van der Waals surface area contributed by atoms with Crippen molar-refractivity contribution in [1.82, 2.24) is 15.1 Å². The second kappa shape index (κ2) is 12.1. The highest BCUT2D eigenvalue weighted by molar-refractivity contribution is 5.75. The molecule has 0 atom stereocenters. The van der Waals surface area contributed by atoms with Crippen LogP contribution in [0.15, 0.2) is 54.6 Å². The van der Waals surface area contributed by atoms with E-state index in [4.69, 9.17) is 4.74 Å². The van der Waals surface area contributed by atoms with Gasteiger partial charge in [0.25, 0.3) is 0 Å². The van der Waals surface area contributed by atoms with Gasteiger partial charge in [0.1, 0.15) is 11.5 Å². The van der Waals surface area contributed by atoms with Crippen LogP contribution in [0.1, 0.15) is 63.9 Å². The third-order valence-electron chi connectivity index (χ3n) is 6.96. The summed E-state index contributed by atoms with van der Waals surface area (Å²) in [5.41, 5.74) is 1.30. The van der Waals surface area contributed by atoms with Crippen molar-refractivity contribution in [3.8, 4) is 11.5 Å². The van der Waals surface area contributed by atoms with Crippen LogP contribution in [0, 0.1) is 0 Å². The predicted octanol–water partition coefficient (Wildman–Crippen LogP) is 6.20. The molecule has 1 aliphatic heterocycles. The highest BCUT2D eigenvalue weighted by Crippen LogP contribution is 2.24. The first-order chi connectivity index (χ1) is 16.2. The molecule has 2 amide bonds. The lowest BCUT2D eigenvalue weighted by atomic mass is 9.95. The molecule has 4 rings (SSSR count). The van der Waals surface area contributed by atoms with Gasteiger partial charge in [-0.05, 0) is 61.9 Å². The van der Waals surface area contributed by atoms with Crippen molar-refractivity contribution < 1.29 is 9.53 Å². The molecule has 0 spiro atoms. The van der Waals surface area contributed by atoms with Crippen LogP contribution >= 0.6 is 0 Å². The molecule has 2 aromatic carbocycles. The molecule has 1 saturated heterocycles. The SMILES string of the molecule is CCCN(C(=O)NC1CCCCC1)C1CCN(Cc2ccc(Oc3ccccc3)cc2)CC1. The van der Waals surface area contributed by atoms with Gasteiger partial charge in [0, 0.05) is 38.3 Å². The Hall–Kier alpha value is -2.53. The number of carbonyl (C=O) groups excluding carboxylic acids is 1. The Morgan fingerprint density at radius 1 is 0.939 bits per heavy atom. The molecule has 1 heterocycles. The minimum atomic E-state index is 0.163. The molecule has 1 N–H and O–H groups in total. The normalized spacial score (nSPS) is 18.1. The fourth-order valence-corrected chi connectivity index (χ4v) is 5.13. The maximum absolute atomic E-state index is 13.0. The summed E-state index contributed by atoms with van der Waals surface area (Å²) in [4.78, 5) is 17.7. The van der Waals surface area contributed by atoms with Crippen LogP contribution in [0.4, 0.5) is 4.79 Å². The lowest BCUT2D eigenvalue weighted by Crippen LogP contribution is -2.53. The average Bonchev–Trinajstić information content (AvgIpc) is 2.86. The van der Waals surface area contributed by atoms with Crippen LogP contribution < -0.4 is 10.1 Å². The number of piperidine rings is 1. The minimum Gasteiger partial charge on any atom is -0.457 e. The Kier molecular flexibility index (Phi) is 8.65. The monoisotopic (exact) mass is 449 g/mol. The van der Waals surface area contributed by atoms with E-state index in [2.05, 4.69) is 34.2 Å². The van der Waals surface area contributed by atoms with Gasteiger partial charge in [-0.1, -0.05) is 56.5 Å². The second-order valence-electron chi connectivity index (χ2n) is 9.54. The first-order valence-electron chi connectivity index (χ1n) is 12.8. The number of amides is 2. The van der Waals surface area contributed by atoms with Crippen molar-refractivity contribution >= 4 is 6.03 Å². The number of rotatable bonds is 8. The van der Waals surface area contributed by atoms with Gasteiger partial charge in [0.05, 0.1) is 0 Å². The Balaban J connectivity index is 1.25. The number of urea groups is 1. The average molecular weight is 450 g/mol. The first-order valence-corrected chi connectivity index (χ1v) is 12.8. The van der Waals surface area contributed by atoms with Crippen LogP contribution in [0.25, 0.3) is 0 Å². The fourth-order valence-electron chi connectivity index (χ4n) is 5.13. The largest absolute Gasteiger partial charge is 0.457 e. The molecule has 0 radical (unpaired) electrons. The summed E-state index contributed by atoms with van der Waals surface area (Å²) in [6.45, 7) is 6.03. The standard InChI is InChI=1S/C28H39N3O2/c1-2-19-31(28(32)29-24-9-5-3-6-10-24)25-17-20-30(21-18-25)22-23-13-15-27(16-14-23)33-26-11-7-4-8-12-26/h4,7-8,11-16,24-25H,2-3,5-6,9-10,17-22H2,1H3,(H,29,32). The van der Waals surface area contributed by atoms with Crippen LogP contribution in [0.2, 0.25) is 0 Å². The Labute approximate surface area is 199 Å². The summed E-state index contributed by atoms with van der Waals surface area (Å²) in [6.07, 6.45) is 9.19.